The molecule has 0 atom stereocenters. The van der Waals surface area contributed by atoms with Crippen molar-refractivity contribution in [2.45, 2.75) is 52.4 Å². The molecular formula is C22H26N8Pt. The maximum Gasteiger partial charge on any atom is 2.00 e. The van der Waals surface area contributed by atoms with Gasteiger partial charge < -0.3 is 20.4 Å². The Kier molecular flexibility index (Phi) is 7.96. The van der Waals surface area contributed by atoms with Crippen LogP contribution in [0.5, 0.6) is 0 Å². The van der Waals surface area contributed by atoms with Gasteiger partial charge in [0.2, 0.25) is 0 Å². The van der Waals surface area contributed by atoms with Crippen molar-refractivity contribution in [3.05, 3.63) is 60.7 Å². The number of rotatable bonds is 2. The summed E-state index contributed by atoms with van der Waals surface area (Å²) in [5.41, 5.74) is 5.09. The topological polar surface area (TPSA) is 106 Å². The van der Waals surface area contributed by atoms with Gasteiger partial charge in [0.05, 0.1) is 23.8 Å². The third-order valence-electron chi connectivity index (χ3n) is 4.27. The van der Waals surface area contributed by atoms with E-state index in [-0.39, 0.29) is 31.9 Å². The SMILES string of the molecule is CC(C)(C)c1cc(-c2cnccn2)[n-]n1.CC(C)(C)c1cc(-c2cnccn2)[n-]n1.[Pt+2]. The van der Waals surface area contributed by atoms with Crippen molar-refractivity contribution in [1.82, 2.24) is 40.3 Å². The first-order valence-electron chi connectivity index (χ1n) is 9.69. The van der Waals surface area contributed by atoms with Crippen LogP contribution in [0.4, 0.5) is 0 Å². The summed E-state index contributed by atoms with van der Waals surface area (Å²) in [7, 11) is 0. The van der Waals surface area contributed by atoms with Gasteiger partial charge in [-0.15, -0.1) is 0 Å². The monoisotopic (exact) mass is 597 g/mol. The van der Waals surface area contributed by atoms with Gasteiger partial charge in [0.15, 0.2) is 0 Å². The van der Waals surface area contributed by atoms with Gasteiger partial charge in [-0.3, -0.25) is 19.9 Å². The van der Waals surface area contributed by atoms with Crippen LogP contribution >= 0.6 is 0 Å². The van der Waals surface area contributed by atoms with E-state index in [0.29, 0.717) is 0 Å². The Bertz CT molecular complexity index is 972. The van der Waals surface area contributed by atoms with Crippen molar-refractivity contribution >= 4 is 0 Å². The second-order valence-corrected chi connectivity index (χ2v) is 8.91. The summed E-state index contributed by atoms with van der Waals surface area (Å²) < 4.78 is 0. The minimum Gasteiger partial charge on any atom is -0.573 e. The molecule has 0 aromatic carbocycles. The third-order valence-corrected chi connectivity index (χ3v) is 4.27. The van der Waals surface area contributed by atoms with Gasteiger partial charge in [-0.05, 0) is 0 Å². The van der Waals surface area contributed by atoms with E-state index in [0.717, 1.165) is 34.2 Å². The molecule has 0 unspecified atom stereocenters. The Balaban J connectivity index is 0.000000213. The first-order valence-corrected chi connectivity index (χ1v) is 9.69. The number of hydrogen-bond acceptors (Lipinski definition) is 6. The molecule has 31 heavy (non-hydrogen) atoms. The predicted molar refractivity (Wildman–Crippen MR) is 115 cm³/mol. The first-order chi connectivity index (χ1) is 14.1. The number of nitrogens with zero attached hydrogens (tertiary/aromatic N) is 8. The van der Waals surface area contributed by atoms with Crippen molar-refractivity contribution in [3.8, 4) is 22.8 Å². The zero-order valence-corrected chi connectivity index (χ0v) is 20.8. The van der Waals surface area contributed by atoms with E-state index in [1.54, 1.807) is 37.2 Å². The van der Waals surface area contributed by atoms with Gasteiger partial charge in [0, 0.05) is 47.0 Å². The fraction of sp³-hybridized carbons (Fsp3) is 0.364. The molecule has 4 aromatic rings. The summed E-state index contributed by atoms with van der Waals surface area (Å²) in [6.45, 7) is 12.7. The van der Waals surface area contributed by atoms with Crippen LogP contribution in [0.25, 0.3) is 22.8 Å². The molecule has 0 bridgehead atoms. The van der Waals surface area contributed by atoms with E-state index < -0.39 is 0 Å². The smallest absolute Gasteiger partial charge is 0.573 e. The molecule has 0 aliphatic carbocycles. The Hall–Kier alpha value is -2.73. The van der Waals surface area contributed by atoms with Crippen molar-refractivity contribution in [3.63, 3.8) is 0 Å². The van der Waals surface area contributed by atoms with E-state index in [4.69, 9.17) is 0 Å². The Labute approximate surface area is 197 Å². The Morgan fingerprint density at radius 1 is 0.613 bits per heavy atom. The van der Waals surface area contributed by atoms with Crippen LogP contribution in [0.15, 0.2) is 49.3 Å². The minimum absolute atomic E-state index is 0. The summed E-state index contributed by atoms with van der Waals surface area (Å²) in [4.78, 5) is 16.4. The standard InChI is InChI=1S/2C11H13N4.Pt/c2*1-11(2,3)10-6-8(14-15-10)9-7-12-4-5-13-9;/h2*4-7H,1-3H3;/q2*-1;+2. The maximum atomic E-state index is 4.18. The molecule has 0 fully saturated rings. The van der Waals surface area contributed by atoms with Crippen molar-refractivity contribution in [2.24, 2.45) is 0 Å². The van der Waals surface area contributed by atoms with Gasteiger partial charge in [0.25, 0.3) is 0 Å². The average Bonchev–Trinajstić information content (AvgIpc) is 3.40. The van der Waals surface area contributed by atoms with Crippen LogP contribution in [0.1, 0.15) is 52.9 Å². The van der Waals surface area contributed by atoms with Crippen LogP contribution in [0, 0.1) is 0 Å². The van der Waals surface area contributed by atoms with Gasteiger partial charge in [-0.2, -0.15) is 0 Å². The molecule has 0 saturated carbocycles. The number of aromatic nitrogens is 8. The van der Waals surface area contributed by atoms with Crippen molar-refractivity contribution < 1.29 is 21.1 Å². The third kappa shape index (κ3) is 6.62. The van der Waals surface area contributed by atoms with Crippen molar-refractivity contribution in [1.29, 1.82) is 0 Å². The Morgan fingerprint density at radius 2 is 1.00 bits per heavy atom. The molecule has 0 amide bonds. The average molecular weight is 598 g/mol. The molecule has 0 saturated heterocycles. The molecule has 0 N–H and O–H groups in total. The largest absolute Gasteiger partial charge is 2.00 e. The molecule has 9 heteroatoms. The molecule has 0 radical (unpaired) electrons. The molecule has 0 aliphatic heterocycles. The van der Waals surface area contributed by atoms with E-state index in [1.807, 2.05) is 12.1 Å². The quantitative estimate of drug-likeness (QED) is 0.346. The molecule has 4 heterocycles. The zero-order valence-electron chi connectivity index (χ0n) is 18.5. The van der Waals surface area contributed by atoms with E-state index in [2.05, 4.69) is 81.9 Å². The van der Waals surface area contributed by atoms with Gasteiger partial charge in [-0.25, -0.2) is 0 Å². The summed E-state index contributed by atoms with van der Waals surface area (Å²) in [5, 5.41) is 16.5. The summed E-state index contributed by atoms with van der Waals surface area (Å²) in [6.07, 6.45) is 9.98. The second kappa shape index (κ2) is 10.1. The fourth-order valence-corrected chi connectivity index (χ4v) is 2.44. The summed E-state index contributed by atoms with van der Waals surface area (Å²) in [5.74, 6) is 0. The Morgan fingerprint density at radius 3 is 1.26 bits per heavy atom. The maximum absolute atomic E-state index is 4.18. The van der Waals surface area contributed by atoms with Gasteiger partial charge in [0.1, 0.15) is 0 Å². The minimum atomic E-state index is 0. The molecule has 4 rings (SSSR count). The molecule has 4 aromatic heterocycles. The molecule has 8 nitrogen and oxygen atoms in total. The van der Waals surface area contributed by atoms with Crippen molar-refractivity contribution in [2.75, 3.05) is 0 Å². The van der Waals surface area contributed by atoms with E-state index in [9.17, 15) is 0 Å². The van der Waals surface area contributed by atoms with Gasteiger partial charge in [-0.1, -0.05) is 65.1 Å². The summed E-state index contributed by atoms with van der Waals surface area (Å²) >= 11 is 0. The van der Waals surface area contributed by atoms with Crippen LogP contribution in [-0.2, 0) is 31.9 Å². The van der Waals surface area contributed by atoms with Crippen LogP contribution in [0.3, 0.4) is 0 Å². The first kappa shape index (κ1) is 24.5. The molecule has 0 spiro atoms. The molecule has 0 aliphatic rings. The normalized spacial score (nSPS) is 11.3. The summed E-state index contributed by atoms with van der Waals surface area (Å²) in [6, 6.07) is 3.92. The molecule has 164 valence electrons. The van der Waals surface area contributed by atoms with Gasteiger partial charge >= 0.3 is 21.1 Å². The van der Waals surface area contributed by atoms with Crippen LogP contribution in [-0.4, -0.2) is 30.1 Å². The number of hydrogen-bond donors (Lipinski definition) is 0. The fourth-order valence-electron chi connectivity index (χ4n) is 2.44. The zero-order chi connectivity index (χ0) is 21.8. The van der Waals surface area contributed by atoms with E-state index in [1.165, 1.54) is 0 Å². The van der Waals surface area contributed by atoms with Crippen LogP contribution < -0.4 is 10.2 Å². The predicted octanol–water partition coefficient (Wildman–Crippen LogP) is 3.58. The van der Waals surface area contributed by atoms with Crippen LogP contribution in [0.2, 0.25) is 0 Å². The van der Waals surface area contributed by atoms with E-state index >= 15 is 0 Å². The molecular weight excluding hydrogens is 571 g/mol. The second-order valence-electron chi connectivity index (χ2n) is 8.91.